The van der Waals surface area contributed by atoms with E-state index in [-0.39, 0.29) is 35.2 Å². The fraction of sp³-hybridized carbons (Fsp3) is 0.474. The summed E-state index contributed by atoms with van der Waals surface area (Å²) in [4.78, 5) is 28.3. The molecule has 0 unspecified atom stereocenters. The molecule has 1 saturated heterocycles. The summed E-state index contributed by atoms with van der Waals surface area (Å²) in [6, 6.07) is 10.2. The molecule has 2 amide bonds. The van der Waals surface area contributed by atoms with E-state index in [1.54, 1.807) is 4.90 Å². The number of piperazine rings is 1. The molecule has 1 N–H and O–H groups in total. The number of carbonyl (C=O) groups is 2. The van der Waals surface area contributed by atoms with Crippen LogP contribution in [-0.2, 0) is 22.2 Å². The predicted octanol–water partition coefficient (Wildman–Crippen LogP) is 2.66. The van der Waals surface area contributed by atoms with Gasteiger partial charge < -0.3 is 10.2 Å². The second-order valence-corrected chi connectivity index (χ2v) is 7.89. The van der Waals surface area contributed by atoms with Crippen molar-refractivity contribution in [1.29, 1.82) is 0 Å². The van der Waals surface area contributed by atoms with Gasteiger partial charge in [-0.3, -0.25) is 14.5 Å². The first kappa shape index (κ1) is 22.2. The first-order valence-electron chi connectivity index (χ1n) is 9.56. The zero-order valence-corrected chi connectivity index (χ0v) is 17.0. The lowest BCUT2D eigenvalue weighted by atomic mass is 10.1. The van der Waals surface area contributed by atoms with Crippen LogP contribution in [0.5, 0.6) is 0 Å². The number of alkyl halides is 3. The number of anilines is 1. The fourth-order valence-electron chi connectivity index (χ4n) is 3.10. The van der Waals surface area contributed by atoms with Crippen LogP contribution in [0, 0.1) is 0 Å². The molecule has 2 heterocycles. The fourth-order valence-corrected chi connectivity index (χ4v) is 3.73. The minimum absolute atomic E-state index is 0.000774. The maximum absolute atomic E-state index is 12.5. The molecule has 30 heavy (non-hydrogen) atoms. The monoisotopic (exact) mass is 441 g/mol. The van der Waals surface area contributed by atoms with Crippen LogP contribution in [0.3, 0.4) is 0 Å². The number of halogens is 3. The number of aromatic nitrogens is 2. The molecule has 2 aromatic rings. The first-order chi connectivity index (χ1) is 14.3. The molecule has 0 atom stereocenters. The summed E-state index contributed by atoms with van der Waals surface area (Å²) in [6.45, 7) is 3.67. The van der Waals surface area contributed by atoms with Crippen LogP contribution in [0.2, 0.25) is 0 Å². The Bertz CT molecular complexity index is 851. The number of hydrogen-bond donors (Lipinski definition) is 1. The van der Waals surface area contributed by atoms with Gasteiger partial charge in [-0.25, -0.2) is 0 Å². The van der Waals surface area contributed by atoms with Crippen molar-refractivity contribution >= 4 is 28.3 Å². The molecule has 7 nitrogen and oxygen atoms in total. The average molecular weight is 441 g/mol. The highest BCUT2D eigenvalue weighted by Gasteiger charge is 2.35. The van der Waals surface area contributed by atoms with Crippen molar-refractivity contribution in [1.82, 2.24) is 20.0 Å². The summed E-state index contributed by atoms with van der Waals surface area (Å²) in [5.41, 5.74) is 1.28. The second kappa shape index (κ2) is 9.98. The molecule has 11 heteroatoms. The van der Waals surface area contributed by atoms with Crippen LogP contribution in [0.4, 0.5) is 18.3 Å². The smallest absolute Gasteiger partial charge is 0.340 e. The van der Waals surface area contributed by atoms with Crippen molar-refractivity contribution in [3.63, 3.8) is 0 Å². The lowest BCUT2D eigenvalue weighted by Gasteiger charge is -2.34. The molecule has 1 aliphatic rings. The molecule has 1 aromatic carbocycles. The topological polar surface area (TPSA) is 78.4 Å². The predicted molar refractivity (Wildman–Crippen MR) is 106 cm³/mol. The van der Waals surface area contributed by atoms with Crippen molar-refractivity contribution in [2.45, 2.75) is 25.4 Å². The van der Waals surface area contributed by atoms with Crippen molar-refractivity contribution in [3.05, 3.63) is 40.9 Å². The van der Waals surface area contributed by atoms with Crippen LogP contribution in [-0.4, -0.2) is 64.5 Å². The number of nitrogens with zero attached hydrogens (tertiary/aromatic N) is 4. The second-order valence-electron chi connectivity index (χ2n) is 6.92. The van der Waals surface area contributed by atoms with Gasteiger partial charge in [-0.05, 0) is 12.0 Å². The molecule has 0 spiro atoms. The van der Waals surface area contributed by atoms with Crippen LogP contribution >= 0.6 is 11.3 Å². The summed E-state index contributed by atoms with van der Waals surface area (Å²) in [5, 5.41) is 7.21. The van der Waals surface area contributed by atoms with Gasteiger partial charge >= 0.3 is 6.18 Å². The van der Waals surface area contributed by atoms with E-state index in [2.05, 4.69) is 32.5 Å². The maximum Gasteiger partial charge on any atom is 0.445 e. The van der Waals surface area contributed by atoms with Gasteiger partial charge in [0.1, 0.15) is 0 Å². The third-order valence-electron chi connectivity index (χ3n) is 4.76. The molecular formula is C19H22F3N5O2S. The van der Waals surface area contributed by atoms with Crippen molar-refractivity contribution in [2.24, 2.45) is 0 Å². The number of rotatable bonds is 7. The molecule has 3 rings (SSSR count). The molecule has 1 aliphatic heterocycles. The number of benzene rings is 1. The van der Waals surface area contributed by atoms with Crippen LogP contribution in [0.15, 0.2) is 30.3 Å². The molecular weight excluding hydrogens is 419 g/mol. The van der Waals surface area contributed by atoms with Gasteiger partial charge in [-0.15, -0.1) is 10.2 Å². The SMILES string of the molecule is O=C(CCC(=O)N1CCN(CCc2ccccc2)CC1)Nc1nnc(C(F)(F)F)s1. The van der Waals surface area contributed by atoms with E-state index in [0.717, 1.165) is 26.1 Å². The van der Waals surface area contributed by atoms with E-state index in [0.29, 0.717) is 13.1 Å². The van der Waals surface area contributed by atoms with Gasteiger partial charge in [-0.2, -0.15) is 13.2 Å². The third kappa shape index (κ3) is 6.49. The number of nitrogens with one attached hydrogen (secondary N) is 1. The summed E-state index contributed by atoms with van der Waals surface area (Å²) < 4.78 is 37.5. The molecule has 1 fully saturated rings. The Hall–Kier alpha value is -2.53. The third-order valence-corrected chi connectivity index (χ3v) is 5.65. The van der Waals surface area contributed by atoms with E-state index in [9.17, 15) is 22.8 Å². The highest BCUT2D eigenvalue weighted by Crippen LogP contribution is 2.33. The van der Waals surface area contributed by atoms with Gasteiger partial charge in [0, 0.05) is 45.6 Å². The maximum atomic E-state index is 12.5. The summed E-state index contributed by atoms with van der Waals surface area (Å²) in [6.07, 6.45) is -3.76. The van der Waals surface area contributed by atoms with Gasteiger partial charge in [0.25, 0.3) is 0 Å². The Morgan fingerprint density at radius 1 is 1.03 bits per heavy atom. The lowest BCUT2D eigenvalue weighted by molar-refractivity contribution is -0.138. The highest BCUT2D eigenvalue weighted by atomic mass is 32.1. The van der Waals surface area contributed by atoms with Gasteiger partial charge in [-0.1, -0.05) is 41.7 Å². The van der Waals surface area contributed by atoms with E-state index in [1.165, 1.54) is 5.56 Å². The molecule has 0 bridgehead atoms. The van der Waals surface area contributed by atoms with Gasteiger partial charge in [0.2, 0.25) is 22.0 Å². The van der Waals surface area contributed by atoms with Gasteiger partial charge in [0.05, 0.1) is 0 Å². The van der Waals surface area contributed by atoms with Gasteiger partial charge in [0.15, 0.2) is 0 Å². The van der Waals surface area contributed by atoms with E-state index < -0.39 is 17.1 Å². The number of carbonyl (C=O) groups excluding carboxylic acids is 2. The zero-order chi connectivity index (χ0) is 21.6. The number of hydrogen-bond acceptors (Lipinski definition) is 6. The molecule has 162 valence electrons. The Morgan fingerprint density at radius 3 is 2.37 bits per heavy atom. The molecule has 1 aromatic heterocycles. The Labute approximate surface area is 175 Å². The summed E-state index contributed by atoms with van der Waals surface area (Å²) in [7, 11) is 0. The van der Waals surface area contributed by atoms with Crippen molar-refractivity contribution < 1.29 is 22.8 Å². The minimum atomic E-state index is -4.60. The lowest BCUT2D eigenvalue weighted by Crippen LogP contribution is -2.49. The molecule has 0 aliphatic carbocycles. The van der Waals surface area contributed by atoms with E-state index in [1.807, 2.05) is 18.2 Å². The summed E-state index contributed by atoms with van der Waals surface area (Å²) >= 11 is 0.254. The largest absolute Gasteiger partial charge is 0.445 e. The van der Waals surface area contributed by atoms with E-state index >= 15 is 0 Å². The van der Waals surface area contributed by atoms with Crippen LogP contribution in [0.1, 0.15) is 23.4 Å². The number of amides is 2. The zero-order valence-electron chi connectivity index (χ0n) is 16.2. The Balaban J connectivity index is 1.35. The first-order valence-corrected chi connectivity index (χ1v) is 10.4. The average Bonchev–Trinajstić information content (AvgIpc) is 3.21. The van der Waals surface area contributed by atoms with Crippen LogP contribution in [0.25, 0.3) is 0 Å². The Morgan fingerprint density at radius 2 is 1.73 bits per heavy atom. The normalized spacial score (nSPS) is 15.2. The minimum Gasteiger partial charge on any atom is -0.340 e. The van der Waals surface area contributed by atoms with Crippen LogP contribution < -0.4 is 5.32 Å². The molecule has 0 radical (unpaired) electrons. The standard InChI is InChI=1S/C19H22F3N5O2S/c20-19(21,22)17-24-25-18(30-17)23-15(28)6-7-16(29)27-12-10-26(11-13-27)9-8-14-4-2-1-3-5-14/h1-5H,6-13H2,(H,23,25,28). The molecule has 0 saturated carbocycles. The van der Waals surface area contributed by atoms with E-state index in [4.69, 9.17) is 0 Å². The quantitative estimate of drug-likeness (QED) is 0.715. The van der Waals surface area contributed by atoms with Crippen molar-refractivity contribution in [3.8, 4) is 0 Å². The van der Waals surface area contributed by atoms with Crippen molar-refractivity contribution in [2.75, 3.05) is 38.0 Å². The highest BCUT2D eigenvalue weighted by molar-refractivity contribution is 7.15. The summed E-state index contributed by atoms with van der Waals surface area (Å²) in [5.74, 6) is -0.698. The Kier molecular flexibility index (Phi) is 7.38.